The molecule has 0 aromatic heterocycles. The lowest BCUT2D eigenvalue weighted by Crippen LogP contribution is -2.32. The van der Waals surface area contributed by atoms with Gasteiger partial charge in [-0.3, -0.25) is 0 Å². The first-order chi connectivity index (χ1) is 9.04. The van der Waals surface area contributed by atoms with Crippen molar-refractivity contribution in [3.05, 3.63) is 28.8 Å². The molecule has 0 amide bonds. The summed E-state index contributed by atoms with van der Waals surface area (Å²) in [4.78, 5) is 0. The van der Waals surface area contributed by atoms with Crippen LogP contribution in [0.4, 0.5) is 0 Å². The predicted octanol–water partition coefficient (Wildman–Crippen LogP) is 2.95. The van der Waals surface area contributed by atoms with Gasteiger partial charge in [0.15, 0.2) is 9.84 Å². The maximum absolute atomic E-state index is 12.0. The molecule has 0 radical (unpaired) electrons. The number of benzene rings is 1. The van der Waals surface area contributed by atoms with Gasteiger partial charge in [-0.25, -0.2) is 8.42 Å². The van der Waals surface area contributed by atoms with Crippen molar-refractivity contribution in [2.45, 2.75) is 38.5 Å². The predicted molar refractivity (Wildman–Crippen MR) is 83.1 cm³/mol. The Labute approximate surface area is 126 Å². The van der Waals surface area contributed by atoms with E-state index in [9.17, 15) is 8.42 Å². The van der Waals surface area contributed by atoms with Crippen LogP contribution in [-0.4, -0.2) is 25.5 Å². The molecule has 1 aromatic carbocycles. The minimum absolute atomic E-state index is 0.0302. The molecular weight excluding hydrogens is 298 g/mol. The first-order valence-electron chi connectivity index (χ1n) is 6.45. The van der Waals surface area contributed by atoms with E-state index in [0.717, 1.165) is 5.56 Å². The molecule has 2 N–H and O–H groups in total. The molecule has 0 bridgehead atoms. The zero-order valence-corrected chi connectivity index (χ0v) is 13.9. The van der Waals surface area contributed by atoms with E-state index in [-0.39, 0.29) is 18.4 Å². The van der Waals surface area contributed by atoms with Crippen LogP contribution in [0, 0.1) is 0 Å². The summed E-state index contributed by atoms with van der Waals surface area (Å²) in [7, 11) is -3.19. The summed E-state index contributed by atoms with van der Waals surface area (Å²) in [6, 6.07) is 4.91. The molecule has 4 nitrogen and oxygen atoms in total. The fourth-order valence-corrected chi connectivity index (χ4v) is 2.67. The molecular formula is C14H22ClNO3S. The Morgan fingerprint density at radius 2 is 1.95 bits per heavy atom. The summed E-state index contributed by atoms with van der Waals surface area (Å²) in [6.07, 6.45) is 0. The zero-order valence-electron chi connectivity index (χ0n) is 12.3. The van der Waals surface area contributed by atoms with Gasteiger partial charge in [-0.2, -0.15) is 0 Å². The highest BCUT2D eigenvalue weighted by atomic mass is 35.5. The van der Waals surface area contributed by atoms with Gasteiger partial charge in [-0.15, -0.1) is 0 Å². The fraction of sp³-hybridized carbons (Fsp3) is 0.571. The minimum atomic E-state index is -3.19. The van der Waals surface area contributed by atoms with Crippen LogP contribution in [0.25, 0.3) is 0 Å². The van der Waals surface area contributed by atoms with Gasteiger partial charge in [0.05, 0.1) is 10.5 Å². The van der Waals surface area contributed by atoms with Crippen molar-refractivity contribution in [1.82, 2.24) is 0 Å². The summed E-state index contributed by atoms with van der Waals surface area (Å²) >= 11 is 5.92. The smallest absolute Gasteiger partial charge is 0.158 e. The number of hydrogen-bond donors (Lipinski definition) is 1. The lowest BCUT2D eigenvalue weighted by Gasteiger charge is -2.20. The molecule has 0 aliphatic rings. The molecule has 0 saturated carbocycles. The van der Waals surface area contributed by atoms with E-state index >= 15 is 0 Å². The fourth-order valence-electron chi connectivity index (χ4n) is 1.57. The standard InChI is InChI=1S/C14H22ClNO3S/c1-10(16)12-9-11(15)5-6-13(12)19-7-8-20(17,18)14(2,3)4/h5-6,9-10H,7-8,16H2,1-4H3. The van der Waals surface area contributed by atoms with Gasteiger partial charge in [-0.1, -0.05) is 11.6 Å². The van der Waals surface area contributed by atoms with Crippen LogP contribution in [0.2, 0.25) is 5.02 Å². The summed E-state index contributed by atoms with van der Waals surface area (Å²) in [5, 5.41) is 0.576. The summed E-state index contributed by atoms with van der Waals surface area (Å²) in [5.41, 5.74) is 6.62. The number of nitrogens with two attached hydrogens (primary N) is 1. The van der Waals surface area contributed by atoms with Crippen LogP contribution in [0.15, 0.2) is 18.2 Å². The highest BCUT2D eigenvalue weighted by Crippen LogP contribution is 2.27. The number of sulfone groups is 1. The maximum Gasteiger partial charge on any atom is 0.158 e. The highest BCUT2D eigenvalue weighted by molar-refractivity contribution is 7.92. The van der Waals surface area contributed by atoms with Crippen molar-refractivity contribution in [2.75, 3.05) is 12.4 Å². The first kappa shape index (κ1) is 17.3. The molecule has 0 aliphatic carbocycles. The van der Waals surface area contributed by atoms with Gasteiger partial charge in [-0.05, 0) is 45.9 Å². The quantitative estimate of drug-likeness (QED) is 0.906. The van der Waals surface area contributed by atoms with Crippen molar-refractivity contribution in [3.63, 3.8) is 0 Å². The lowest BCUT2D eigenvalue weighted by atomic mass is 10.1. The molecule has 6 heteroatoms. The van der Waals surface area contributed by atoms with E-state index in [0.29, 0.717) is 10.8 Å². The van der Waals surface area contributed by atoms with Gasteiger partial charge in [0.1, 0.15) is 12.4 Å². The van der Waals surface area contributed by atoms with E-state index in [2.05, 4.69) is 0 Å². The Kier molecular flexibility index (Phi) is 5.46. The van der Waals surface area contributed by atoms with Crippen molar-refractivity contribution in [2.24, 2.45) is 5.73 Å². The molecule has 20 heavy (non-hydrogen) atoms. The summed E-state index contributed by atoms with van der Waals surface area (Å²) in [6.45, 7) is 6.96. The maximum atomic E-state index is 12.0. The van der Waals surface area contributed by atoms with Gasteiger partial charge in [0.25, 0.3) is 0 Å². The Balaban J connectivity index is 2.77. The zero-order chi connectivity index (χ0) is 15.6. The number of rotatable bonds is 5. The Morgan fingerprint density at radius 3 is 2.45 bits per heavy atom. The average molecular weight is 320 g/mol. The Hall–Kier alpha value is -0.780. The second kappa shape index (κ2) is 6.33. The molecule has 1 aromatic rings. The third kappa shape index (κ3) is 4.36. The van der Waals surface area contributed by atoms with Crippen LogP contribution in [0.1, 0.15) is 39.3 Å². The highest BCUT2D eigenvalue weighted by Gasteiger charge is 2.28. The number of hydrogen-bond acceptors (Lipinski definition) is 4. The molecule has 0 fully saturated rings. The van der Waals surface area contributed by atoms with Crippen LogP contribution < -0.4 is 10.5 Å². The second-order valence-corrected chi connectivity index (χ2v) is 9.05. The third-order valence-corrected chi connectivity index (χ3v) is 5.81. The largest absolute Gasteiger partial charge is 0.492 e. The normalized spacial score (nSPS) is 14.1. The Morgan fingerprint density at radius 1 is 1.35 bits per heavy atom. The van der Waals surface area contributed by atoms with Gasteiger partial charge < -0.3 is 10.5 Å². The molecule has 1 atom stereocenters. The van der Waals surface area contributed by atoms with Gasteiger partial charge in [0, 0.05) is 16.6 Å². The third-order valence-electron chi connectivity index (χ3n) is 3.01. The van der Waals surface area contributed by atoms with Gasteiger partial charge in [0.2, 0.25) is 0 Å². The van der Waals surface area contributed by atoms with E-state index in [4.69, 9.17) is 22.1 Å². The van der Waals surface area contributed by atoms with Crippen molar-refractivity contribution in [3.8, 4) is 5.75 Å². The second-order valence-electron chi connectivity index (χ2n) is 5.75. The lowest BCUT2D eigenvalue weighted by molar-refractivity contribution is 0.334. The average Bonchev–Trinajstić information content (AvgIpc) is 2.29. The number of halogens is 1. The van der Waals surface area contributed by atoms with Crippen LogP contribution >= 0.6 is 11.6 Å². The monoisotopic (exact) mass is 319 g/mol. The van der Waals surface area contributed by atoms with Gasteiger partial charge >= 0.3 is 0 Å². The topological polar surface area (TPSA) is 69.4 Å². The SMILES string of the molecule is CC(N)c1cc(Cl)ccc1OCCS(=O)(=O)C(C)(C)C. The minimum Gasteiger partial charge on any atom is -0.492 e. The van der Waals surface area contributed by atoms with E-state index < -0.39 is 14.6 Å². The first-order valence-corrected chi connectivity index (χ1v) is 8.48. The molecule has 0 spiro atoms. The van der Waals surface area contributed by atoms with Crippen molar-refractivity contribution >= 4 is 21.4 Å². The van der Waals surface area contributed by atoms with E-state index in [1.54, 1.807) is 39.0 Å². The van der Waals surface area contributed by atoms with Crippen molar-refractivity contribution < 1.29 is 13.2 Å². The van der Waals surface area contributed by atoms with Crippen LogP contribution in [0.5, 0.6) is 5.75 Å². The van der Waals surface area contributed by atoms with Crippen LogP contribution in [-0.2, 0) is 9.84 Å². The Bertz CT molecular complexity index is 562. The van der Waals surface area contributed by atoms with Crippen LogP contribution in [0.3, 0.4) is 0 Å². The van der Waals surface area contributed by atoms with E-state index in [1.165, 1.54) is 0 Å². The molecule has 0 saturated heterocycles. The molecule has 1 rings (SSSR count). The molecule has 1 unspecified atom stereocenters. The van der Waals surface area contributed by atoms with Crippen molar-refractivity contribution in [1.29, 1.82) is 0 Å². The number of ether oxygens (including phenoxy) is 1. The molecule has 0 aliphatic heterocycles. The molecule has 0 heterocycles. The summed E-state index contributed by atoms with van der Waals surface area (Å²) in [5.74, 6) is 0.547. The van der Waals surface area contributed by atoms with E-state index in [1.807, 2.05) is 6.92 Å². The molecule has 114 valence electrons. The summed E-state index contributed by atoms with van der Waals surface area (Å²) < 4.78 is 28.8.